The van der Waals surface area contributed by atoms with Gasteiger partial charge in [-0.2, -0.15) is 4.31 Å². The first kappa shape index (κ1) is 24.2. The number of hydrogen-bond donors (Lipinski definition) is 1. The summed E-state index contributed by atoms with van der Waals surface area (Å²) in [6.07, 6.45) is 0. The molecular formula is C25H26ClN3O4S. The second kappa shape index (κ2) is 10.6. The number of piperazine rings is 1. The highest BCUT2D eigenvalue weighted by Crippen LogP contribution is 2.30. The van der Waals surface area contributed by atoms with E-state index < -0.39 is 15.9 Å². The van der Waals surface area contributed by atoms with Crippen molar-refractivity contribution in [2.24, 2.45) is 0 Å². The quantitative estimate of drug-likeness (QED) is 0.529. The van der Waals surface area contributed by atoms with Gasteiger partial charge < -0.3 is 10.1 Å². The minimum atomic E-state index is -3.73. The van der Waals surface area contributed by atoms with E-state index in [1.54, 1.807) is 30.3 Å². The van der Waals surface area contributed by atoms with Gasteiger partial charge in [0.15, 0.2) is 0 Å². The first-order valence-electron chi connectivity index (χ1n) is 10.9. The number of sulfonamides is 1. The van der Waals surface area contributed by atoms with Gasteiger partial charge in [0.05, 0.1) is 17.7 Å². The van der Waals surface area contributed by atoms with Gasteiger partial charge in [0.25, 0.3) is 5.91 Å². The van der Waals surface area contributed by atoms with Gasteiger partial charge in [-0.3, -0.25) is 9.69 Å². The van der Waals surface area contributed by atoms with Crippen LogP contribution < -0.4 is 10.1 Å². The Balaban J connectivity index is 1.48. The van der Waals surface area contributed by atoms with Crippen molar-refractivity contribution in [2.45, 2.75) is 11.4 Å². The highest BCUT2D eigenvalue weighted by Gasteiger charge is 2.29. The third-order valence-electron chi connectivity index (χ3n) is 5.72. The summed E-state index contributed by atoms with van der Waals surface area (Å²) in [6, 6.07) is 21.1. The Hall–Kier alpha value is -2.91. The molecule has 9 heteroatoms. The van der Waals surface area contributed by atoms with Gasteiger partial charge in [0.1, 0.15) is 5.75 Å². The first-order valence-corrected chi connectivity index (χ1v) is 12.7. The topological polar surface area (TPSA) is 79.0 Å². The van der Waals surface area contributed by atoms with Crippen LogP contribution in [0.15, 0.2) is 77.7 Å². The summed E-state index contributed by atoms with van der Waals surface area (Å²) in [5, 5.41) is 3.17. The van der Waals surface area contributed by atoms with Gasteiger partial charge in [0.2, 0.25) is 10.0 Å². The van der Waals surface area contributed by atoms with E-state index in [2.05, 4.69) is 22.3 Å². The molecule has 7 nitrogen and oxygen atoms in total. The minimum absolute atomic E-state index is 0.103. The number of rotatable bonds is 7. The molecule has 0 atom stereocenters. The summed E-state index contributed by atoms with van der Waals surface area (Å²) in [5.41, 5.74) is 1.84. The van der Waals surface area contributed by atoms with E-state index in [0.717, 1.165) is 6.54 Å². The second-order valence-electron chi connectivity index (χ2n) is 7.99. The van der Waals surface area contributed by atoms with E-state index in [1.165, 1.54) is 29.1 Å². The molecule has 3 aromatic rings. The second-order valence-corrected chi connectivity index (χ2v) is 10.4. The standard InChI is InChI=1S/C25H26ClN3O4S/c1-33-24-11-10-22(17-23(24)27-25(30)20-8-5-9-21(26)16-20)34(31,32)29-14-12-28(13-15-29)18-19-6-3-2-4-7-19/h2-11,16-17H,12-15,18H2,1H3,(H,27,30). The number of halogens is 1. The van der Waals surface area contributed by atoms with Crippen LogP contribution in [0.4, 0.5) is 5.69 Å². The molecule has 1 heterocycles. The van der Waals surface area contributed by atoms with E-state index in [9.17, 15) is 13.2 Å². The zero-order valence-electron chi connectivity index (χ0n) is 18.8. The lowest BCUT2D eigenvalue weighted by atomic mass is 10.2. The highest BCUT2D eigenvalue weighted by atomic mass is 35.5. The molecule has 178 valence electrons. The van der Waals surface area contributed by atoms with Gasteiger partial charge in [-0.05, 0) is 42.0 Å². The molecule has 0 unspecified atom stereocenters. The third-order valence-corrected chi connectivity index (χ3v) is 7.85. The molecule has 34 heavy (non-hydrogen) atoms. The monoisotopic (exact) mass is 499 g/mol. The predicted octanol–water partition coefficient (Wildman–Crippen LogP) is 4.11. The van der Waals surface area contributed by atoms with Crippen LogP contribution >= 0.6 is 11.6 Å². The molecule has 0 aliphatic carbocycles. The summed E-state index contributed by atoms with van der Waals surface area (Å²) >= 11 is 5.98. The van der Waals surface area contributed by atoms with Crippen LogP contribution in [0, 0.1) is 0 Å². The summed E-state index contributed by atoms with van der Waals surface area (Å²) in [4.78, 5) is 15.0. The number of hydrogen-bond acceptors (Lipinski definition) is 5. The zero-order valence-corrected chi connectivity index (χ0v) is 20.3. The van der Waals surface area contributed by atoms with Crippen molar-refractivity contribution in [2.75, 3.05) is 38.6 Å². The van der Waals surface area contributed by atoms with Crippen LogP contribution in [0.1, 0.15) is 15.9 Å². The van der Waals surface area contributed by atoms with Crippen LogP contribution in [0.2, 0.25) is 5.02 Å². The maximum atomic E-state index is 13.3. The van der Waals surface area contributed by atoms with Gasteiger partial charge in [-0.1, -0.05) is 48.0 Å². The Labute approximate surface area is 205 Å². The number of nitrogens with one attached hydrogen (secondary N) is 1. The van der Waals surface area contributed by atoms with Crippen LogP contribution in [0.3, 0.4) is 0 Å². The molecule has 0 spiro atoms. The number of benzene rings is 3. The Morgan fingerprint density at radius 1 is 0.971 bits per heavy atom. The largest absolute Gasteiger partial charge is 0.495 e. The maximum absolute atomic E-state index is 13.3. The van der Waals surface area contributed by atoms with Crippen molar-refractivity contribution < 1.29 is 17.9 Å². The lowest BCUT2D eigenvalue weighted by Gasteiger charge is -2.34. The molecule has 1 amide bonds. The Bertz CT molecular complexity index is 1260. The molecule has 3 aromatic carbocycles. The first-order chi connectivity index (χ1) is 16.4. The number of nitrogens with zero attached hydrogens (tertiary/aromatic N) is 2. The van der Waals surface area contributed by atoms with E-state index in [0.29, 0.717) is 42.5 Å². The molecule has 1 saturated heterocycles. The van der Waals surface area contributed by atoms with E-state index in [1.807, 2.05) is 18.2 Å². The predicted molar refractivity (Wildman–Crippen MR) is 133 cm³/mol. The normalized spacial score (nSPS) is 15.1. The number of carbonyl (C=O) groups is 1. The number of amides is 1. The van der Waals surface area contributed by atoms with Crippen LogP contribution in [0.25, 0.3) is 0 Å². The Morgan fingerprint density at radius 2 is 1.71 bits per heavy atom. The highest BCUT2D eigenvalue weighted by molar-refractivity contribution is 7.89. The van der Waals surface area contributed by atoms with E-state index in [-0.39, 0.29) is 10.6 Å². The van der Waals surface area contributed by atoms with Crippen molar-refractivity contribution in [3.8, 4) is 5.75 Å². The molecule has 1 fully saturated rings. The Kier molecular flexibility index (Phi) is 7.53. The Morgan fingerprint density at radius 3 is 2.38 bits per heavy atom. The van der Waals surface area contributed by atoms with Crippen molar-refractivity contribution >= 4 is 33.2 Å². The maximum Gasteiger partial charge on any atom is 0.255 e. The SMILES string of the molecule is COc1ccc(S(=O)(=O)N2CCN(Cc3ccccc3)CC2)cc1NC(=O)c1cccc(Cl)c1. The van der Waals surface area contributed by atoms with Gasteiger partial charge in [-0.25, -0.2) is 8.42 Å². The van der Waals surface area contributed by atoms with Crippen molar-refractivity contribution in [1.29, 1.82) is 0 Å². The van der Waals surface area contributed by atoms with Crippen LogP contribution in [-0.4, -0.2) is 56.8 Å². The molecule has 1 N–H and O–H groups in total. The number of anilines is 1. The van der Waals surface area contributed by atoms with Crippen molar-refractivity contribution in [3.63, 3.8) is 0 Å². The van der Waals surface area contributed by atoms with Gasteiger partial charge in [0, 0.05) is 43.3 Å². The van der Waals surface area contributed by atoms with Crippen LogP contribution in [0.5, 0.6) is 5.75 Å². The number of ether oxygens (including phenoxy) is 1. The summed E-state index contributed by atoms with van der Waals surface area (Å²) in [5.74, 6) is -0.0492. The fourth-order valence-electron chi connectivity index (χ4n) is 3.89. The fourth-order valence-corrected chi connectivity index (χ4v) is 5.53. The lowest BCUT2D eigenvalue weighted by Crippen LogP contribution is -2.48. The van der Waals surface area contributed by atoms with Gasteiger partial charge in [-0.15, -0.1) is 0 Å². The van der Waals surface area contributed by atoms with Crippen molar-refractivity contribution in [1.82, 2.24) is 9.21 Å². The summed E-state index contributed by atoms with van der Waals surface area (Å²) in [7, 11) is -2.27. The number of carbonyl (C=O) groups excluding carboxylic acids is 1. The molecule has 0 radical (unpaired) electrons. The summed E-state index contributed by atoms with van der Waals surface area (Å²) < 4.78 is 33.5. The van der Waals surface area contributed by atoms with Crippen LogP contribution in [-0.2, 0) is 16.6 Å². The third kappa shape index (κ3) is 5.59. The average Bonchev–Trinajstić information content (AvgIpc) is 2.85. The molecule has 0 bridgehead atoms. The van der Waals surface area contributed by atoms with E-state index in [4.69, 9.17) is 16.3 Å². The smallest absolute Gasteiger partial charge is 0.255 e. The molecule has 1 aliphatic rings. The molecule has 4 rings (SSSR count). The summed E-state index contributed by atoms with van der Waals surface area (Å²) in [6.45, 7) is 2.86. The average molecular weight is 500 g/mol. The lowest BCUT2D eigenvalue weighted by molar-refractivity contribution is 0.102. The molecule has 1 aliphatic heterocycles. The van der Waals surface area contributed by atoms with Crippen molar-refractivity contribution in [3.05, 3.63) is 88.9 Å². The van der Waals surface area contributed by atoms with Gasteiger partial charge >= 0.3 is 0 Å². The molecule has 0 aromatic heterocycles. The minimum Gasteiger partial charge on any atom is -0.495 e. The molecular weight excluding hydrogens is 474 g/mol. The fraction of sp³-hybridized carbons (Fsp3) is 0.240. The molecule has 0 saturated carbocycles. The zero-order chi connectivity index (χ0) is 24.1. The van der Waals surface area contributed by atoms with E-state index >= 15 is 0 Å². The number of methoxy groups -OCH3 is 1.